The fourth-order valence-electron chi connectivity index (χ4n) is 3.89. The van der Waals surface area contributed by atoms with Crippen LogP contribution in [0.4, 0.5) is 21.7 Å². The first kappa shape index (κ1) is 19.6. The zero-order valence-electron chi connectivity index (χ0n) is 17.2. The summed E-state index contributed by atoms with van der Waals surface area (Å²) in [7, 11) is 0. The summed E-state index contributed by atoms with van der Waals surface area (Å²) in [5.41, 5.74) is 1.71. The van der Waals surface area contributed by atoms with Gasteiger partial charge in [0.1, 0.15) is 12.4 Å². The topological polar surface area (TPSA) is 60.0 Å². The average Bonchev–Trinajstić information content (AvgIpc) is 2.80. The number of anilines is 3. The third kappa shape index (κ3) is 3.98. The molecule has 1 fully saturated rings. The highest BCUT2D eigenvalue weighted by Crippen LogP contribution is 2.37. The lowest BCUT2D eigenvalue weighted by molar-refractivity contribution is 0.0989. The molecule has 0 N–H and O–H groups in total. The van der Waals surface area contributed by atoms with Crippen LogP contribution < -0.4 is 19.3 Å². The van der Waals surface area contributed by atoms with Gasteiger partial charge in [-0.1, -0.05) is 12.1 Å². The molecule has 7 nitrogen and oxygen atoms in total. The number of para-hydroxylation sites is 1. The van der Waals surface area contributed by atoms with E-state index in [2.05, 4.69) is 27.9 Å². The minimum absolute atomic E-state index is 0.229. The molecule has 1 atom stereocenters. The molecule has 31 heavy (non-hydrogen) atoms. The molecule has 3 heterocycles. The van der Waals surface area contributed by atoms with Gasteiger partial charge in [0.2, 0.25) is 5.95 Å². The van der Waals surface area contributed by atoms with Gasteiger partial charge < -0.3 is 24.0 Å². The molecule has 0 bridgehead atoms. The second-order valence-electron chi connectivity index (χ2n) is 7.52. The molecule has 1 aromatic heterocycles. The molecule has 2 aliphatic heterocycles. The van der Waals surface area contributed by atoms with Crippen molar-refractivity contribution in [2.75, 3.05) is 42.7 Å². The first-order valence-corrected chi connectivity index (χ1v) is 10.3. The standard InChI is InChI=1S/C23H23FN4O3/c1-16-15-29-10-8-27(16)17-4-2-5-18(12-17)31-19-13-25-23(26-14-19)28-9-11-30-22-20(24)6-3-7-21(22)28/h2-7,12-14,16H,8-11,15H2,1H3/t16-/m1/s1. The fourth-order valence-corrected chi connectivity index (χ4v) is 3.89. The fraction of sp³-hybridized carbons (Fsp3) is 0.304. The largest absolute Gasteiger partial charge is 0.486 e. The molecule has 0 spiro atoms. The molecule has 0 saturated carbocycles. The van der Waals surface area contributed by atoms with E-state index in [1.54, 1.807) is 24.5 Å². The molecule has 8 heteroatoms. The van der Waals surface area contributed by atoms with Crippen LogP contribution >= 0.6 is 0 Å². The van der Waals surface area contributed by atoms with E-state index >= 15 is 0 Å². The van der Waals surface area contributed by atoms with E-state index in [0.29, 0.717) is 42.3 Å². The molecule has 3 aromatic rings. The highest BCUT2D eigenvalue weighted by atomic mass is 19.1. The highest BCUT2D eigenvalue weighted by Gasteiger charge is 2.24. The lowest BCUT2D eigenvalue weighted by atomic mass is 10.2. The number of rotatable bonds is 4. The van der Waals surface area contributed by atoms with Gasteiger partial charge in [0.15, 0.2) is 17.3 Å². The van der Waals surface area contributed by atoms with E-state index < -0.39 is 5.82 Å². The molecule has 0 amide bonds. The molecular weight excluding hydrogens is 399 g/mol. The molecule has 0 radical (unpaired) electrons. The Labute approximate surface area is 180 Å². The summed E-state index contributed by atoms with van der Waals surface area (Å²) < 4.78 is 31.0. The third-order valence-corrected chi connectivity index (χ3v) is 5.41. The molecule has 0 aliphatic carbocycles. The number of halogens is 1. The number of fused-ring (bicyclic) bond motifs is 1. The van der Waals surface area contributed by atoms with Crippen molar-refractivity contribution in [2.45, 2.75) is 13.0 Å². The van der Waals surface area contributed by atoms with Crippen LogP contribution in [0, 0.1) is 5.82 Å². The van der Waals surface area contributed by atoms with E-state index in [1.807, 2.05) is 23.1 Å². The molecule has 0 unspecified atom stereocenters. The lowest BCUT2D eigenvalue weighted by Crippen LogP contribution is -2.43. The summed E-state index contributed by atoms with van der Waals surface area (Å²) >= 11 is 0. The molecular formula is C23H23FN4O3. The monoisotopic (exact) mass is 422 g/mol. The van der Waals surface area contributed by atoms with Crippen LogP contribution in [0.25, 0.3) is 0 Å². The van der Waals surface area contributed by atoms with Gasteiger partial charge in [-0.15, -0.1) is 0 Å². The first-order valence-electron chi connectivity index (χ1n) is 10.3. The number of aromatic nitrogens is 2. The molecule has 1 saturated heterocycles. The molecule has 160 valence electrons. The molecule has 5 rings (SSSR count). The van der Waals surface area contributed by atoms with Gasteiger partial charge in [0, 0.05) is 24.3 Å². The Bertz CT molecular complexity index is 1060. The molecule has 2 aliphatic rings. The Morgan fingerprint density at radius 1 is 1.03 bits per heavy atom. The van der Waals surface area contributed by atoms with E-state index in [9.17, 15) is 4.39 Å². The Morgan fingerprint density at radius 3 is 2.71 bits per heavy atom. The predicted octanol–water partition coefficient (Wildman–Crippen LogP) is 4.16. The minimum Gasteiger partial charge on any atom is -0.486 e. The van der Waals surface area contributed by atoms with Crippen molar-refractivity contribution >= 4 is 17.3 Å². The van der Waals surface area contributed by atoms with Gasteiger partial charge in [0.05, 0.1) is 37.8 Å². The summed E-state index contributed by atoms with van der Waals surface area (Å²) in [6, 6.07) is 13.1. The quantitative estimate of drug-likeness (QED) is 0.626. The highest BCUT2D eigenvalue weighted by molar-refractivity contribution is 5.67. The van der Waals surface area contributed by atoms with Crippen LogP contribution in [0.5, 0.6) is 17.2 Å². The second kappa shape index (κ2) is 8.39. The zero-order chi connectivity index (χ0) is 21.2. The van der Waals surface area contributed by atoms with Crippen LogP contribution in [-0.2, 0) is 4.74 Å². The predicted molar refractivity (Wildman–Crippen MR) is 115 cm³/mol. The second-order valence-corrected chi connectivity index (χ2v) is 7.52. The van der Waals surface area contributed by atoms with E-state index in [4.69, 9.17) is 14.2 Å². The van der Waals surface area contributed by atoms with E-state index in [1.165, 1.54) is 6.07 Å². The van der Waals surface area contributed by atoms with Crippen LogP contribution in [0.1, 0.15) is 6.92 Å². The van der Waals surface area contributed by atoms with Crippen LogP contribution in [-0.4, -0.2) is 48.9 Å². The number of hydrogen-bond acceptors (Lipinski definition) is 7. The summed E-state index contributed by atoms with van der Waals surface area (Å²) in [6.45, 7) is 5.34. The maximum atomic E-state index is 14.0. The van der Waals surface area contributed by atoms with Crippen LogP contribution in [0.15, 0.2) is 54.9 Å². The Morgan fingerprint density at radius 2 is 1.87 bits per heavy atom. The van der Waals surface area contributed by atoms with Gasteiger partial charge in [0.25, 0.3) is 0 Å². The van der Waals surface area contributed by atoms with Crippen LogP contribution in [0.3, 0.4) is 0 Å². The van der Waals surface area contributed by atoms with Gasteiger partial charge in [-0.3, -0.25) is 0 Å². The van der Waals surface area contributed by atoms with Gasteiger partial charge >= 0.3 is 0 Å². The Hall–Kier alpha value is -3.39. The maximum Gasteiger partial charge on any atom is 0.230 e. The Balaban J connectivity index is 1.33. The first-order chi connectivity index (χ1) is 15.2. The zero-order valence-corrected chi connectivity index (χ0v) is 17.2. The van der Waals surface area contributed by atoms with Crippen molar-refractivity contribution < 1.29 is 18.6 Å². The minimum atomic E-state index is -0.392. The lowest BCUT2D eigenvalue weighted by Gasteiger charge is -2.35. The number of benzene rings is 2. The van der Waals surface area contributed by atoms with Crippen molar-refractivity contribution in [1.82, 2.24) is 9.97 Å². The third-order valence-electron chi connectivity index (χ3n) is 5.41. The van der Waals surface area contributed by atoms with Crippen molar-refractivity contribution in [3.63, 3.8) is 0 Å². The normalized spacial score (nSPS) is 18.3. The van der Waals surface area contributed by atoms with Crippen molar-refractivity contribution in [3.05, 3.63) is 60.7 Å². The summed E-state index contributed by atoms with van der Waals surface area (Å²) in [5, 5.41) is 0. The Kier molecular flexibility index (Phi) is 5.30. The summed E-state index contributed by atoms with van der Waals surface area (Å²) in [4.78, 5) is 13.0. The number of nitrogens with zero attached hydrogens (tertiary/aromatic N) is 4. The SMILES string of the molecule is C[C@@H]1COCCN1c1cccc(Oc2cnc(N3CCOc4c(F)cccc43)nc2)c1. The maximum absolute atomic E-state index is 14.0. The average molecular weight is 422 g/mol. The smallest absolute Gasteiger partial charge is 0.230 e. The number of hydrogen-bond donors (Lipinski definition) is 0. The van der Waals surface area contributed by atoms with E-state index in [-0.39, 0.29) is 5.75 Å². The summed E-state index contributed by atoms with van der Waals surface area (Å²) in [5.74, 6) is 1.55. The van der Waals surface area contributed by atoms with Gasteiger partial charge in [-0.2, -0.15) is 0 Å². The number of ether oxygens (including phenoxy) is 3. The van der Waals surface area contributed by atoms with E-state index in [0.717, 1.165) is 25.4 Å². The van der Waals surface area contributed by atoms with Gasteiger partial charge in [-0.05, 0) is 31.2 Å². The van der Waals surface area contributed by atoms with Crippen molar-refractivity contribution in [1.29, 1.82) is 0 Å². The van der Waals surface area contributed by atoms with Crippen LogP contribution in [0.2, 0.25) is 0 Å². The molecule has 2 aromatic carbocycles. The van der Waals surface area contributed by atoms with Crippen molar-refractivity contribution in [2.24, 2.45) is 0 Å². The van der Waals surface area contributed by atoms with Gasteiger partial charge in [-0.25, -0.2) is 14.4 Å². The van der Waals surface area contributed by atoms with Crippen molar-refractivity contribution in [3.8, 4) is 17.2 Å². The summed E-state index contributed by atoms with van der Waals surface area (Å²) in [6.07, 6.45) is 3.25. The number of morpholine rings is 1.